The molecule has 1 amide bonds. The van der Waals surface area contributed by atoms with Crippen LogP contribution in [0.25, 0.3) is 11.0 Å². The van der Waals surface area contributed by atoms with Crippen molar-refractivity contribution in [2.24, 2.45) is 0 Å². The van der Waals surface area contributed by atoms with E-state index in [-0.39, 0.29) is 5.91 Å². The van der Waals surface area contributed by atoms with E-state index < -0.39 is 0 Å². The molecule has 1 saturated carbocycles. The molecule has 5 heterocycles. The number of fused-ring (bicyclic) bond motifs is 1. The first-order chi connectivity index (χ1) is 18.7. The third kappa shape index (κ3) is 5.59. The summed E-state index contributed by atoms with van der Waals surface area (Å²) in [7, 11) is 0. The first-order valence-corrected chi connectivity index (χ1v) is 13.1. The fraction of sp³-hybridized carbons (Fsp3) is 0.321. The highest BCUT2D eigenvalue weighted by atomic mass is 16.2. The lowest BCUT2D eigenvalue weighted by molar-refractivity contribution is 0.0945. The Morgan fingerprint density at radius 1 is 0.974 bits per heavy atom. The zero-order valence-electron chi connectivity index (χ0n) is 21.0. The summed E-state index contributed by atoms with van der Waals surface area (Å²) in [5, 5.41) is 21.1. The van der Waals surface area contributed by atoms with Crippen molar-refractivity contribution in [1.82, 2.24) is 45.5 Å². The maximum Gasteiger partial charge on any atom is 0.273 e. The number of amides is 1. The summed E-state index contributed by atoms with van der Waals surface area (Å²) in [4.78, 5) is 24.6. The van der Waals surface area contributed by atoms with E-state index in [1.54, 1.807) is 17.1 Å². The molecule has 0 unspecified atom stereocenters. The van der Waals surface area contributed by atoms with Crippen LogP contribution in [0.4, 0.5) is 0 Å². The van der Waals surface area contributed by atoms with Crippen LogP contribution in [0.5, 0.6) is 0 Å². The number of carbonyl (C=O) groups excluding carboxylic acids is 1. The zero-order chi connectivity index (χ0) is 25.7. The van der Waals surface area contributed by atoms with Gasteiger partial charge in [-0.15, -0.1) is 10.2 Å². The van der Waals surface area contributed by atoms with Crippen molar-refractivity contribution in [2.75, 3.05) is 0 Å². The Morgan fingerprint density at radius 3 is 2.55 bits per heavy atom. The second-order valence-corrected chi connectivity index (χ2v) is 9.72. The number of aromatic amines is 1. The fourth-order valence-electron chi connectivity index (χ4n) is 4.68. The SMILES string of the molecule is O=C(NCc1ccccn1)c1cn(CCCCc2cc3c(Cc4ccccn4)c(C4CC4)[nH]c3nn2)nn1. The monoisotopic (exact) mass is 507 g/mol. The summed E-state index contributed by atoms with van der Waals surface area (Å²) in [5.74, 6) is 0.333. The van der Waals surface area contributed by atoms with E-state index in [9.17, 15) is 4.79 Å². The van der Waals surface area contributed by atoms with Gasteiger partial charge in [0.25, 0.3) is 5.91 Å². The molecule has 5 aromatic heterocycles. The van der Waals surface area contributed by atoms with Gasteiger partial charge >= 0.3 is 0 Å². The van der Waals surface area contributed by atoms with Crippen molar-refractivity contribution in [2.45, 2.75) is 57.5 Å². The highest BCUT2D eigenvalue weighted by molar-refractivity contribution is 5.91. The van der Waals surface area contributed by atoms with Crippen LogP contribution >= 0.6 is 0 Å². The number of carbonyl (C=O) groups is 1. The number of nitrogens with zero attached hydrogens (tertiary/aromatic N) is 7. The topological polar surface area (TPSA) is 127 Å². The average molecular weight is 508 g/mol. The first-order valence-electron chi connectivity index (χ1n) is 13.1. The number of rotatable bonds is 11. The number of hydrogen-bond donors (Lipinski definition) is 2. The molecule has 0 radical (unpaired) electrons. The van der Waals surface area contributed by atoms with Gasteiger partial charge in [-0.05, 0) is 73.9 Å². The van der Waals surface area contributed by atoms with Gasteiger partial charge in [0, 0.05) is 42.1 Å². The van der Waals surface area contributed by atoms with Crippen LogP contribution in [0.1, 0.15) is 70.4 Å². The number of H-pyrrole nitrogens is 1. The summed E-state index contributed by atoms with van der Waals surface area (Å²) in [6.07, 6.45) is 11.1. The molecule has 192 valence electrons. The smallest absolute Gasteiger partial charge is 0.273 e. The molecule has 0 spiro atoms. The third-order valence-corrected chi connectivity index (χ3v) is 6.82. The van der Waals surface area contributed by atoms with Crippen molar-refractivity contribution in [3.05, 3.63) is 95.1 Å². The van der Waals surface area contributed by atoms with Gasteiger partial charge in [-0.25, -0.2) is 0 Å². The van der Waals surface area contributed by atoms with Gasteiger partial charge in [0.2, 0.25) is 0 Å². The summed E-state index contributed by atoms with van der Waals surface area (Å²) >= 11 is 0. The van der Waals surface area contributed by atoms with Gasteiger partial charge in [-0.3, -0.25) is 19.4 Å². The van der Waals surface area contributed by atoms with Gasteiger partial charge in [0.05, 0.1) is 24.1 Å². The van der Waals surface area contributed by atoms with Crippen LogP contribution in [0, 0.1) is 0 Å². The molecular formula is C28H29N9O. The molecule has 6 rings (SSSR count). The molecule has 2 N–H and O–H groups in total. The van der Waals surface area contributed by atoms with Crippen molar-refractivity contribution in [3.8, 4) is 0 Å². The van der Waals surface area contributed by atoms with E-state index in [1.165, 1.54) is 24.1 Å². The fourth-order valence-corrected chi connectivity index (χ4v) is 4.68. The Hall–Kier alpha value is -4.47. The highest BCUT2D eigenvalue weighted by Crippen LogP contribution is 2.43. The highest BCUT2D eigenvalue weighted by Gasteiger charge is 2.29. The molecule has 1 aliphatic rings. The maximum atomic E-state index is 12.4. The van der Waals surface area contributed by atoms with E-state index in [0.717, 1.165) is 53.8 Å². The molecule has 10 heteroatoms. The van der Waals surface area contributed by atoms with Crippen LogP contribution in [0.2, 0.25) is 0 Å². The number of unbranched alkanes of at least 4 members (excludes halogenated alkanes) is 1. The van der Waals surface area contributed by atoms with Crippen LogP contribution in [-0.4, -0.2) is 46.1 Å². The molecule has 5 aromatic rings. The van der Waals surface area contributed by atoms with Gasteiger partial charge in [-0.1, -0.05) is 17.3 Å². The standard InChI is InChI=1S/C28H29N9O/c38-28(31-17-22-9-2-5-13-30-22)25-18-37(36-34-25)14-6-3-8-21-16-24-23(15-20-7-1-4-12-29-20)26(19-10-11-19)32-27(24)35-33-21/h1-2,4-5,7,9,12-13,16,18-19H,3,6,8,10-11,14-15,17H2,(H,31,38)(H,32,35). The summed E-state index contributed by atoms with van der Waals surface area (Å²) in [6.45, 7) is 1.03. The van der Waals surface area contributed by atoms with Crippen molar-refractivity contribution in [3.63, 3.8) is 0 Å². The second-order valence-electron chi connectivity index (χ2n) is 9.72. The minimum atomic E-state index is -0.260. The minimum absolute atomic E-state index is 0.260. The lowest BCUT2D eigenvalue weighted by Gasteiger charge is -2.05. The molecule has 0 bridgehead atoms. The molecule has 38 heavy (non-hydrogen) atoms. The third-order valence-electron chi connectivity index (χ3n) is 6.82. The molecule has 1 fully saturated rings. The van der Waals surface area contributed by atoms with Crippen molar-refractivity contribution < 1.29 is 4.79 Å². The summed E-state index contributed by atoms with van der Waals surface area (Å²) < 4.78 is 1.71. The Morgan fingerprint density at radius 2 is 1.79 bits per heavy atom. The van der Waals surface area contributed by atoms with Crippen LogP contribution in [0.15, 0.2) is 61.1 Å². The average Bonchev–Trinajstić information content (AvgIpc) is 3.59. The first kappa shape index (κ1) is 23.9. The molecule has 1 aliphatic carbocycles. The van der Waals surface area contributed by atoms with E-state index >= 15 is 0 Å². The van der Waals surface area contributed by atoms with Crippen LogP contribution < -0.4 is 5.32 Å². The van der Waals surface area contributed by atoms with E-state index in [4.69, 9.17) is 0 Å². The minimum Gasteiger partial charge on any atom is -0.345 e. The lowest BCUT2D eigenvalue weighted by atomic mass is 10.0. The zero-order valence-corrected chi connectivity index (χ0v) is 21.0. The van der Waals surface area contributed by atoms with Gasteiger partial charge in [0.1, 0.15) is 0 Å². The number of aromatic nitrogens is 8. The predicted molar refractivity (Wildman–Crippen MR) is 141 cm³/mol. The molecule has 0 saturated heterocycles. The number of aryl methyl sites for hydroxylation is 2. The van der Waals surface area contributed by atoms with Crippen molar-refractivity contribution in [1.29, 1.82) is 0 Å². The van der Waals surface area contributed by atoms with E-state index in [2.05, 4.69) is 52.9 Å². The molecule has 0 atom stereocenters. The Kier molecular flexibility index (Phi) is 6.84. The van der Waals surface area contributed by atoms with Crippen molar-refractivity contribution >= 4 is 16.9 Å². The molecule has 0 aliphatic heterocycles. The van der Waals surface area contributed by atoms with Crippen LogP contribution in [0.3, 0.4) is 0 Å². The predicted octanol–water partition coefficient (Wildman–Crippen LogP) is 3.76. The van der Waals surface area contributed by atoms with Gasteiger partial charge in [-0.2, -0.15) is 5.10 Å². The second kappa shape index (κ2) is 10.9. The Bertz CT molecular complexity index is 1520. The quantitative estimate of drug-likeness (QED) is 0.261. The summed E-state index contributed by atoms with van der Waals surface area (Å²) in [5.41, 5.74) is 6.59. The largest absolute Gasteiger partial charge is 0.345 e. The Labute approximate surface area is 219 Å². The number of hydrogen-bond acceptors (Lipinski definition) is 7. The van der Waals surface area contributed by atoms with Gasteiger partial charge in [0.15, 0.2) is 11.3 Å². The number of pyridine rings is 2. The van der Waals surface area contributed by atoms with Crippen LogP contribution in [-0.2, 0) is 25.9 Å². The Balaban J connectivity index is 1.05. The maximum absolute atomic E-state index is 12.4. The molecular weight excluding hydrogens is 478 g/mol. The van der Waals surface area contributed by atoms with E-state index in [0.29, 0.717) is 24.7 Å². The lowest BCUT2D eigenvalue weighted by Crippen LogP contribution is -2.23. The number of nitrogens with one attached hydrogen (secondary N) is 2. The van der Waals surface area contributed by atoms with Gasteiger partial charge < -0.3 is 10.3 Å². The normalized spacial score (nSPS) is 13.2. The molecule has 10 nitrogen and oxygen atoms in total. The molecule has 0 aromatic carbocycles. The summed E-state index contributed by atoms with van der Waals surface area (Å²) in [6, 6.07) is 13.8. The van der Waals surface area contributed by atoms with E-state index in [1.807, 2.05) is 36.5 Å².